The first-order valence-corrected chi connectivity index (χ1v) is 10.4. The van der Waals surface area contributed by atoms with Gasteiger partial charge in [-0.05, 0) is 30.2 Å². The zero-order valence-electron chi connectivity index (χ0n) is 10.4. The van der Waals surface area contributed by atoms with Crippen molar-refractivity contribution in [3.63, 3.8) is 0 Å². The van der Waals surface area contributed by atoms with Crippen LogP contribution in [0.4, 0.5) is 0 Å². The van der Waals surface area contributed by atoms with Gasteiger partial charge in [0.25, 0.3) is 0 Å². The molecular weight excluding hydrogens is 212 g/mol. The van der Waals surface area contributed by atoms with Crippen LogP contribution in [-0.2, 0) is 0 Å². The van der Waals surface area contributed by atoms with E-state index in [-0.39, 0.29) is 9.52 Å². The summed E-state index contributed by atoms with van der Waals surface area (Å²) in [7, 11) is -1.54. The van der Waals surface area contributed by atoms with Crippen molar-refractivity contribution in [1.29, 1.82) is 0 Å². The minimum atomic E-state index is -1.17. The van der Waals surface area contributed by atoms with Gasteiger partial charge in [0.1, 0.15) is 17.6 Å². The molecule has 80 valence electrons. The van der Waals surface area contributed by atoms with E-state index in [4.69, 9.17) is 0 Å². The van der Waals surface area contributed by atoms with Crippen LogP contribution in [0.5, 0.6) is 0 Å². The molecule has 0 atom stereocenters. The van der Waals surface area contributed by atoms with Gasteiger partial charge >= 0.3 is 0 Å². The third kappa shape index (κ3) is 4.07. The van der Waals surface area contributed by atoms with E-state index < -0.39 is 8.07 Å². The van der Waals surface area contributed by atoms with Crippen molar-refractivity contribution in [2.45, 2.75) is 33.5 Å². The fraction of sp³-hybridized carbons (Fsp3) is 0.385. The van der Waals surface area contributed by atoms with E-state index in [0.717, 1.165) is 0 Å². The Hall–Kier alpha value is -0.786. The average Bonchev–Trinajstić information content (AvgIpc) is 2.10. The molecule has 0 radical (unpaired) electrons. The van der Waals surface area contributed by atoms with Crippen molar-refractivity contribution in [3.05, 3.63) is 29.3 Å². The first kappa shape index (κ1) is 12.3. The maximum Gasteiger partial charge on any atom is 0.137 e. The van der Waals surface area contributed by atoms with Gasteiger partial charge in [-0.1, -0.05) is 37.8 Å². The van der Waals surface area contributed by atoms with Crippen LogP contribution < -0.4 is 5.19 Å². The minimum absolute atomic E-state index is 0.368. The second kappa shape index (κ2) is 4.82. The van der Waals surface area contributed by atoms with Crippen molar-refractivity contribution in [3.8, 4) is 11.1 Å². The highest BCUT2D eigenvalue weighted by Crippen LogP contribution is 2.01. The van der Waals surface area contributed by atoms with Gasteiger partial charge in [-0.15, -0.1) is 11.1 Å². The summed E-state index contributed by atoms with van der Waals surface area (Å²) in [6.45, 7) is 11.3. The lowest BCUT2D eigenvalue weighted by Gasteiger charge is -2.06. The molecule has 1 aromatic rings. The average molecular weight is 232 g/mol. The zero-order chi connectivity index (χ0) is 11.5. The summed E-state index contributed by atoms with van der Waals surface area (Å²) < 4.78 is 0. The molecule has 0 aliphatic heterocycles. The third-order valence-corrected chi connectivity index (χ3v) is 5.24. The number of rotatable bonds is 1. The van der Waals surface area contributed by atoms with Gasteiger partial charge in [0.05, 0.1) is 0 Å². The Morgan fingerprint density at radius 2 is 1.80 bits per heavy atom. The molecule has 0 bridgehead atoms. The van der Waals surface area contributed by atoms with Crippen molar-refractivity contribution in [1.82, 2.24) is 0 Å². The maximum atomic E-state index is 3.47. The Morgan fingerprint density at radius 1 is 1.13 bits per heavy atom. The van der Waals surface area contributed by atoms with Gasteiger partial charge in [-0.2, -0.15) is 0 Å². The Kier molecular flexibility index (Phi) is 3.95. The van der Waals surface area contributed by atoms with Gasteiger partial charge in [-0.25, -0.2) is 0 Å². The van der Waals surface area contributed by atoms with Crippen LogP contribution in [0, 0.1) is 24.9 Å². The van der Waals surface area contributed by atoms with Crippen molar-refractivity contribution in [2.24, 2.45) is 0 Å². The molecule has 0 saturated carbocycles. The van der Waals surface area contributed by atoms with Gasteiger partial charge in [-0.3, -0.25) is 0 Å². The molecule has 0 amide bonds. The smallest absolute Gasteiger partial charge is 0.137 e. The fourth-order valence-electron chi connectivity index (χ4n) is 1.41. The van der Waals surface area contributed by atoms with E-state index >= 15 is 0 Å². The van der Waals surface area contributed by atoms with Crippen LogP contribution in [0.25, 0.3) is 0 Å². The van der Waals surface area contributed by atoms with E-state index in [9.17, 15) is 0 Å². The monoisotopic (exact) mass is 232 g/mol. The summed E-state index contributed by atoms with van der Waals surface area (Å²) in [5.74, 6) is 0. The molecule has 0 fully saturated rings. The summed E-state index contributed by atoms with van der Waals surface area (Å²) in [6, 6.07) is 6.58. The number of hydrogen-bond donors (Lipinski definition) is 0. The fourth-order valence-corrected chi connectivity index (χ4v) is 4.87. The SMILES string of the molecule is Cc1cccc([SiH2]C#C[Si](C)(C)C)c1C. The molecule has 15 heavy (non-hydrogen) atoms. The van der Waals surface area contributed by atoms with E-state index in [2.05, 4.69) is 62.8 Å². The van der Waals surface area contributed by atoms with Gasteiger partial charge in [0, 0.05) is 0 Å². The number of aryl methyl sites for hydroxylation is 1. The van der Waals surface area contributed by atoms with Crippen LogP contribution in [0.3, 0.4) is 0 Å². The molecule has 2 heteroatoms. The molecule has 0 spiro atoms. The number of hydrogen-bond acceptors (Lipinski definition) is 0. The van der Waals surface area contributed by atoms with Crippen LogP contribution in [0.2, 0.25) is 19.6 Å². The highest BCUT2D eigenvalue weighted by atomic mass is 28.3. The zero-order valence-corrected chi connectivity index (χ0v) is 12.9. The standard InChI is InChI=1S/C13H20Si2/c1-11-7-6-8-13(12(11)2)14-9-10-15(3,4)5/h6-8H,14H2,1-5H3. The summed E-state index contributed by atoms with van der Waals surface area (Å²) in [4.78, 5) is 0. The van der Waals surface area contributed by atoms with E-state index in [0.29, 0.717) is 0 Å². The van der Waals surface area contributed by atoms with Crippen molar-refractivity contribution >= 4 is 22.8 Å². The third-order valence-electron chi connectivity index (χ3n) is 2.46. The Labute approximate surface area is 96.9 Å². The molecule has 0 heterocycles. The lowest BCUT2D eigenvalue weighted by Crippen LogP contribution is -2.20. The first-order chi connectivity index (χ1) is 6.90. The van der Waals surface area contributed by atoms with Crippen molar-refractivity contribution < 1.29 is 0 Å². The highest BCUT2D eigenvalue weighted by Gasteiger charge is 2.07. The van der Waals surface area contributed by atoms with E-state index in [1.807, 2.05) is 0 Å². The van der Waals surface area contributed by atoms with Gasteiger partial charge in [0.15, 0.2) is 0 Å². The second-order valence-electron chi connectivity index (χ2n) is 5.09. The minimum Gasteiger partial charge on any atom is -0.141 e. The molecular formula is C13H20Si2. The predicted molar refractivity (Wildman–Crippen MR) is 75.2 cm³/mol. The molecule has 1 rings (SSSR count). The van der Waals surface area contributed by atoms with Gasteiger partial charge < -0.3 is 0 Å². The van der Waals surface area contributed by atoms with Crippen molar-refractivity contribution in [2.75, 3.05) is 0 Å². The molecule has 0 aliphatic rings. The molecule has 0 nitrogen and oxygen atoms in total. The Balaban J connectivity index is 2.81. The quantitative estimate of drug-likeness (QED) is 0.513. The van der Waals surface area contributed by atoms with Crippen LogP contribution in [-0.4, -0.2) is 17.6 Å². The van der Waals surface area contributed by atoms with Crippen LogP contribution in [0.15, 0.2) is 18.2 Å². The maximum absolute atomic E-state index is 3.47. The summed E-state index contributed by atoms with van der Waals surface area (Å²) in [6.07, 6.45) is 0. The summed E-state index contributed by atoms with van der Waals surface area (Å²) >= 11 is 0. The summed E-state index contributed by atoms with van der Waals surface area (Å²) in [5, 5.41) is 1.51. The predicted octanol–water partition coefficient (Wildman–Crippen LogP) is 1.94. The molecule has 0 aromatic heterocycles. The van der Waals surface area contributed by atoms with E-state index in [1.54, 1.807) is 0 Å². The summed E-state index contributed by atoms with van der Waals surface area (Å²) in [5.41, 5.74) is 9.78. The number of benzene rings is 1. The lowest BCUT2D eigenvalue weighted by molar-refractivity contribution is 1.37. The van der Waals surface area contributed by atoms with Gasteiger partial charge in [0.2, 0.25) is 0 Å². The highest BCUT2D eigenvalue weighted by molar-refractivity contribution is 6.85. The molecule has 0 saturated heterocycles. The van der Waals surface area contributed by atoms with E-state index in [1.165, 1.54) is 16.3 Å². The lowest BCUT2D eigenvalue weighted by atomic mass is 10.1. The second-order valence-corrected chi connectivity index (χ2v) is 11.3. The Morgan fingerprint density at radius 3 is 2.40 bits per heavy atom. The molecule has 0 unspecified atom stereocenters. The van der Waals surface area contributed by atoms with Crippen LogP contribution >= 0.6 is 0 Å². The molecule has 0 N–H and O–H groups in total. The van der Waals surface area contributed by atoms with Crippen LogP contribution in [0.1, 0.15) is 11.1 Å². The first-order valence-electron chi connectivity index (χ1n) is 5.45. The Bertz CT molecular complexity index is 403. The molecule has 0 aliphatic carbocycles. The molecule has 1 aromatic carbocycles. The normalized spacial score (nSPS) is 11.5. The topological polar surface area (TPSA) is 0 Å². The largest absolute Gasteiger partial charge is 0.141 e.